The van der Waals surface area contributed by atoms with E-state index in [-0.39, 0.29) is 52.4 Å². The van der Waals surface area contributed by atoms with E-state index in [9.17, 15) is 37.9 Å². The molecule has 1 aliphatic carbocycles. The number of amides is 2. The van der Waals surface area contributed by atoms with Crippen molar-refractivity contribution in [3.8, 4) is 6.07 Å². The number of halogens is 3. The number of Topliss-reactive ketones (excluding diaryl/α,β-unsaturated/α-hetero) is 1. The highest BCUT2D eigenvalue weighted by Gasteiger charge is 2.46. The van der Waals surface area contributed by atoms with Gasteiger partial charge in [0.2, 0.25) is 0 Å². The van der Waals surface area contributed by atoms with E-state index < -0.39 is 41.1 Å². The Morgan fingerprint density at radius 2 is 1.92 bits per heavy atom. The molecule has 1 heterocycles. The molecule has 2 amide bonds. The van der Waals surface area contributed by atoms with Crippen molar-refractivity contribution in [2.45, 2.75) is 32.0 Å². The van der Waals surface area contributed by atoms with Crippen LogP contribution in [-0.2, 0) is 11.0 Å². The van der Waals surface area contributed by atoms with E-state index in [1.54, 1.807) is 0 Å². The molecule has 1 unspecified atom stereocenters. The van der Waals surface area contributed by atoms with Crippen LogP contribution in [0.25, 0.3) is 0 Å². The van der Waals surface area contributed by atoms with Crippen LogP contribution in [0.3, 0.4) is 0 Å². The quantitative estimate of drug-likeness (QED) is 0.494. The van der Waals surface area contributed by atoms with Gasteiger partial charge < -0.3 is 20.5 Å². The predicted molar refractivity (Wildman–Crippen MR) is 124 cm³/mol. The minimum Gasteiger partial charge on any atom is -0.545 e. The van der Waals surface area contributed by atoms with Gasteiger partial charge in [-0.25, -0.2) is 9.79 Å². The van der Waals surface area contributed by atoms with Gasteiger partial charge in [0, 0.05) is 35.9 Å². The summed E-state index contributed by atoms with van der Waals surface area (Å²) < 4.78 is 40.1. The summed E-state index contributed by atoms with van der Waals surface area (Å²) in [6, 6.07) is 6.23. The molecule has 0 spiro atoms. The van der Waals surface area contributed by atoms with Crippen LogP contribution in [0.2, 0.25) is 0 Å². The second kappa shape index (κ2) is 9.09. The summed E-state index contributed by atoms with van der Waals surface area (Å²) in [4.78, 5) is 45.1. The van der Waals surface area contributed by atoms with Crippen LogP contribution in [0.15, 0.2) is 52.7 Å². The second-order valence-electron chi connectivity index (χ2n) is 8.57. The topological polar surface area (TPSA) is 143 Å². The molecule has 0 radical (unpaired) electrons. The lowest BCUT2D eigenvalue weighted by molar-refractivity contribution is -0.255. The molecule has 2 N–H and O–H groups in total. The van der Waals surface area contributed by atoms with E-state index >= 15 is 0 Å². The molecule has 2 aliphatic rings. The number of nitriles is 1. The number of nitrogens with two attached hydrogens (primary N) is 1. The minimum absolute atomic E-state index is 0.0166. The van der Waals surface area contributed by atoms with E-state index in [0.717, 1.165) is 34.1 Å². The van der Waals surface area contributed by atoms with Crippen molar-refractivity contribution >= 4 is 35.0 Å². The molecular formula is C25H19F3N5O4-. The van der Waals surface area contributed by atoms with Crippen molar-refractivity contribution < 1.29 is 32.7 Å². The molecule has 9 nitrogen and oxygen atoms in total. The summed E-state index contributed by atoms with van der Waals surface area (Å²) in [5, 5.41) is 21.5. The van der Waals surface area contributed by atoms with Gasteiger partial charge in [0.05, 0.1) is 46.4 Å². The van der Waals surface area contributed by atoms with E-state index in [1.165, 1.54) is 26.1 Å². The zero-order valence-corrected chi connectivity index (χ0v) is 19.6. The fourth-order valence-corrected chi connectivity index (χ4v) is 4.65. The summed E-state index contributed by atoms with van der Waals surface area (Å²) in [5.74, 6) is -2.07. The molecule has 2 aromatic carbocycles. The SMILES string of the molecule is CC(N)=Nc1cc(C#N)cc(C(=O)[O-])c1C1C2=C(CCC2=O)N(c2cccc(C(F)(F)F)c2)C(=O)N1C. The maximum atomic E-state index is 13.6. The van der Waals surface area contributed by atoms with Gasteiger partial charge in [-0.2, -0.15) is 18.4 Å². The Morgan fingerprint density at radius 1 is 1.22 bits per heavy atom. The number of carboxylic acid groups (broad SMARTS) is 1. The van der Waals surface area contributed by atoms with Crippen molar-refractivity contribution in [2.75, 3.05) is 11.9 Å². The maximum Gasteiger partial charge on any atom is 0.416 e. The smallest absolute Gasteiger partial charge is 0.416 e. The number of rotatable bonds is 4. The van der Waals surface area contributed by atoms with Gasteiger partial charge in [0.1, 0.15) is 0 Å². The molecule has 0 saturated heterocycles. The molecule has 1 aliphatic heterocycles. The summed E-state index contributed by atoms with van der Waals surface area (Å²) in [6.07, 6.45) is -4.65. The number of hydrogen-bond acceptors (Lipinski definition) is 6. The van der Waals surface area contributed by atoms with Gasteiger partial charge in [0.15, 0.2) is 5.78 Å². The Bertz CT molecular complexity index is 1450. The number of carbonyl (C=O) groups excluding carboxylic acids is 3. The fraction of sp³-hybridized carbons (Fsp3) is 0.240. The Hall–Kier alpha value is -4.66. The molecule has 37 heavy (non-hydrogen) atoms. The zero-order chi connectivity index (χ0) is 27.2. The first-order chi connectivity index (χ1) is 17.3. The van der Waals surface area contributed by atoms with Gasteiger partial charge in [-0.15, -0.1) is 0 Å². The summed E-state index contributed by atoms with van der Waals surface area (Å²) in [6.45, 7) is 1.43. The number of alkyl halides is 3. The van der Waals surface area contributed by atoms with Crippen LogP contribution >= 0.6 is 0 Å². The van der Waals surface area contributed by atoms with Crippen LogP contribution in [0.4, 0.5) is 29.3 Å². The average Bonchev–Trinajstić information content (AvgIpc) is 3.19. The van der Waals surface area contributed by atoms with Gasteiger partial charge in [0.25, 0.3) is 0 Å². The lowest BCUT2D eigenvalue weighted by Crippen LogP contribution is -2.48. The van der Waals surface area contributed by atoms with Crippen molar-refractivity contribution in [2.24, 2.45) is 10.7 Å². The van der Waals surface area contributed by atoms with Crippen molar-refractivity contribution in [3.05, 3.63) is 69.9 Å². The molecule has 0 saturated carbocycles. The number of nitrogens with zero attached hydrogens (tertiary/aromatic N) is 4. The maximum absolute atomic E-state index is 13.6. The number of aromatic carboxylic acids is 1. The van der Waals surface area contributed by atoms with Crippen LogP contribution in [0.1, 0.15) is 52.9 Å². The number of aliphatic imine (C=N–C) groups is 1. The molecular weight excluding hydrogens is 491 g/mol. The molecule has 1 atom stereocenters. The normalized spacial score (nSPS) is 18.3. The highest BCUT2D eigenvalue weighted by Crippen LogP contribution is 2.48. The van der Waals surface area contributed by atoms with Crippen LogP contribution in [-0.4, -0.2) is 35.6 Å². The number of carboxylic acids is 1. The van der Waals surface area contributed by atoms with Gasteiger partial charge in [-0.1, -0.05) is 6.07 Å². The Balaban J connectivity index is 2.01. The van der Waals surface area contributed by atoms with Crippen molar-refractivity contribution in [1.82, 2.24) is 4.90 Å². The standard InChI is InChI=1S/C25H20F3N5O4/c1-12(30)31-17-9-13(11-29)8-16(23(35)36)20(17)22-21-18(6-7-19(21)34)33(24(37)32(22)2)15-5-3-4-14(10-15)25(26,27)28/h3-5,8-10,22H,6-7H2,1-2H3,(H2,30,31)(H,35,36)/p-1. The number of likely N-dealkylation sites (N-methyl/N-ethyl adjacent to an activating group) is 1. The summed E-state index contributed by atoms with van der Waals surface area (Å²) in [5.41, 5.74) is 4.18. The molecule has 0 aromatic heterocycles. The fourth-order valence-electron chi connectivity index (χ4n) is 4.65. The van der Waals surface area contributed by atoms with E-state index in [0.29, 0.717) is 0 Å². The largest absolute Gasteiger partial charge is 0.545 e. The highest BCUT2D eigenvalue weighted by molar-refractivity contribution is 6.09. The van der Waals surface area contributed by atoms with E-state index in [2.05, 4.69) is 4.99 Å². The third-order valence-electron chi connectivity index (χ3n) is 6.13. The van der Waals surface area contributed by atoms with Gasteiger partial charge >= 0.3 is 12.2 Å². The average molecular weight is 510 g/mol. The van der Waals surface area contributed by atoms with Crippen molar-refractivity contribution in [1.29, 1.82) is 5.26 Å². The van der Waals surface area contributed by atoms with Gasteiger partial charge in [-0.05, 0) is 43.7 Å². The molecule has 0 bridgehead atoms. The number of allylic oxidation sites excluding steroid dienone is 1. The molecule has 12 heteroatoms. The number of carbonyl (C=O) groups is 3. The number of amidine groups is 1. The Labute approximate surface area is 208 Å². The van der Waals surface area contributed by atoms with Crippen LogP contribution < -0.4 is 15.7 Å². The Kier molecular flexibility index (Phi) is 6.25. The molecule has 4 rings (SSSR count). The van der Waals surface area contributed by atoms with E-state index in [4.69, 9.17) is 5.73 Å². The first-order valence-electron chi connectivity index (χ1n) is 11.0. The number of ketones is 1. The monoisotopic (exact) mass is 510 g/mol. The predicted octanol–water partition coefficient (Wildman–Crippen LogP) is 3.18. The first-order valence-corrected chi connectivity index (χ1v) is 11.0. The lowest BCUT2D eigenvalue weighted by Gasteiger charge is -2.41. The van der Waals surface area contributed by atoms with E-state index in [1.807, 2.05) is 6.07 Å². The van der Waals surface area contributed by atoms with Crippen LogP contribution in [0, 0.1) is 11.3 Å². The van der Waals surface area contributed by atoms with Gasteiger partial charge in [-0.3, -0.25) is 9.69 Å². The molecule has 2 aromatic rings. The number of anilines is 1. The third kappa shape index (κ3) is 4.40. The number of urea groups is 1. The van der Waals surface area contributed by atoms with Crippen LogP contribution in [0.5, 0.6) is 0 Å². The molecule has 190 valence electrons. The minimum atomic E-state index is -4.66. The first kappa shape index (κ1) is 25.4. The molecule has 0 fully saturated rings. The number of benzene rings is 2. The summed E-state index contributed by atoms with van der Waals surface area (Å²) in [7, 11) is 1.29. The summed E-state index contributed by atoms with van der Waals surface area (Å²) >= 11 is 0. The highest BCUT2D eigenvalue weighted by atomic mass is 19.4. The zero-order valence-electron chi connectivity index (χ0n) is 19.6. The second-order valence-corrected chi connectivity index (χ2v) is 8.57. The Morgan fingerprint density at radius 3 is 2.51 bits per heavy atom. The number of hydrogen-bond donors (Lipinski definition) is 1. The van der Waals surface area contributed by atoms with Crippen molar-refractivity contribution in [3.63, 3.8) is 0 Å². The third-order valence-corrected chi connectivity index (χ3v) is 6.13. The lowest BCUT2D eigenvalue weighted by atomic mass is 9.87.